The molecule has 0 radical (unpaired) electrons. The van der Waals surface area contributed by atoms with Gasteiger partial charge in [-0.2, -0.15) is 0 Å². The number of benzene rings is 1. The second-order valence-electron chi connectivity index (χ2n) is 6.72. The summed E-state index contributed by atoms with van der Waals surface area (Å²) in [5, 5.41) is 2.94. The molecule has 2 aromatic rings. The third-order valence-electron chi connectivity index (χ3n) is 4.97. The standard InChI is InChI=1S/C19H23N5O/c1-14(25)22-17-6-4-5-15-12-24(10-7-16(15)17)19-11-18(20-13-21-19)23-8-2-3-9-23/h4-6,11,13H,2-3,7-10,12H2,1H3,(H,22,25). The van der Waals surface area contributed by atoms with Gasteiger partial charge in [-0.25, -0.2) is 9.97 Å². The second kappa shape index (κ2) is 6.70. The fraction of sp³-hybridized carbons (Fsp3) is 0.421. The molecule has 1 saturated heterocycles. The van der Waals surface area contributed by atoms with Gasteiger partial charge >= 0.3 is 0 Å². The van der Waals surface area contributed by atoms with Crippen LogP contribution in [0.1, 0.15) is 30.9 Å². The first-order valence-corrected chi connectivity index (χ1v) is 8.91. The maximum absolute atomic E-state index is 11.4. The summed E-state index contributed by atoms with van der Waals surface area (Å²) in [4.78, 5) is 25.0. The van der Waals surface area contributed by atoms with Crippen molar-refractivity contribution in [3.63, 3.8) is 0 Å². The average Bonchev–Trinajstić information content (AvgIpc) is 3.16. The number of amides is 1. The molecule has 6 nitrogen and oxygen atoms in total. The molecule has 6 heteroatoms. The molecule has 1 N–H and O–H groups in total. The second-order valence-corrected chi connectivity index (χ2v) is 6.72. The molecule has 4 rings (SSSR count). The van der Waals surface area contributed by atoms with Gasteiger partial charge in [0.2, 0.25) is 5.91 Å². The number of rotatable bonds is 3. The molecule has 0 atom stereocenters. The molecule has 0 saturated carbocycles. The van der Waals surface area contributed by atoms with Crippen molar-refractivity contribution >= 4 is 23.2 Å². The molecule has 3 heterocycles. The van der Waals surface area contributed by atoms with Crippen molar-refractivity contribution in [3.8, 4) is 0 Å². The van der Waals surface area contributed by atoms with Gasteiger partial charge < -0.3 is 15.1 Å². The molecule has 2 aliphatic rings. The Morgan fingerprint density at radius 3 is 2.60 bits per heavy atom. The third-order valence-corrected chi connectivity index (χ3v) is 4.97. The first-order valence-electron chi connectivity index (χ1n) is 8.91. The number of hydrogen-bond donors (Lipinski definition) is 1. The number of carbonyl (C=O) groups excluding carboxylic acids is 1. The highest BCUT2D eigenvalue weighted by Gasteiger charge is 2.21. The summed E-state index contributed by atoms with van der Waals surface area (Å²) in [6.45, 7) is 5.41. The molecule has 0 bridgehead atoms. The number of hydrogen-bond acceptors (Lipinski definition) is 5. The monoisotopic (exact) mass is 337 g/mol. The van der Waals surface area contributed by atoms with Crippen molar-refractivity contribution in [1.29, 1.82) is 0 Å². The highest BCUT2D eigenvalue weighted by molar-refractivity contribution is 5.89. The Hall–Kier alpha value is -2.63. The molecule has 130 valence electrons. The van der Waals surface area contributed by atoms with Gasteiger partial charge in [0.05, 0.1) is 0 Å². The number of fused-ring (bicyclic) bond motifs is 1. The van der Waals surface area contributed by atoms with Crippen LogP contribution in [0.15, 0.2) is 30.6 Å². The number of nitrogens with zero attached hydrogens (tertiary/aromatic N) is 4. The van der Waals surface area contributed by atoms with Crippen LogP contribution in [-0.2, 0) is 17.8 Å². The first-order chi connectivity index (χ1) is 12.2. The summed E-state index contributed by atoms with van der Waals surface area (Å²) >= 11 is 0. The van der Waals surface area contributed by atoms with Crippen LogP contribution in [0.4, 0.5) is 17.3 Å². The van der Waals surface area contributed by atoms with Gasteiger partial charge in [0, 0.05) is 44.9 Å². The van der Waals surface area contributed by atoms with Crippen LogP contribution in [-0.4, -0.2) is 35.5 Å². The summed E-state index contributed by atoms with van der Waals surface area (Å²) in [6, 6.07) is 8.22. The zero-order valence-electron chi connectivity index (χ0n) is 14.5. The number of anilines is 3. The van der Waals surface area contributed by atoms with Crippen molar-refractivity contribution < 1.29 is 4.79 Å². The molecule has 1 aromatic carbocycles. The Balaban J connectivity index is 1.56. The van der Waals surface area contributed by atoms with Crippen molar-refractivity contribution in [3.05, 3.63) is 41.7 Å². The lowest BCUT2D eigenvalue weighted by Crippen LogP contribution is -2.32. The number of nitrogens with one attached hydrogen (secondary N) is 1. The highest BCUT2D eigenvalue weighted by atomic mass is 16.1. The zero-order chi connectivity index (χ0) is 17.2. The summed E-state index contributed by atoms with van der Waals surface area (Å²) in [6.07, 6.45) is 5.05. The van der Waals surface area contributed by atoms with Gasteiger partial charge in [-0.1, -0.05) is 12.1 Å². The van der Waals surface area contributed by atoms with Crippen LogP contribution in [0.25, 0.3) is 0 Å². The molecule has 2 aliphatic heterocycles. The van der Waals surface area contributed by atoms with Crippen LogP contribution < -0.4 is 15.1 Å². The van der Waals surface area contributed by atoms with Crippen LogP contribution in [0, 0.1) is 0 Å². The van der Waals surface area contributed by atoms with E-state index in [0.717, 1.165) is 49.9 Å². The minimum atomic E-state index is -0.0260. The van der Waals surface area contributed by atoms with E-state index in [-0.39, 0.29) is 5.91 Å². The van der Waals surface area contributed by atoms with Gasteiger partial charge in [-0.15, -0.1) is 0 Å². The van der Waals surface area contributed by atoms with Gasteiger partial charge in [0.25, 0.3) is 0 Å². The predicted octanol–water partition coefficient (Wildman–Crippen LogP) is 2.60. The highest BCUT2D eigenvalue weighted by Crippen LogP contribution is 2.29. The van der Waals surface area contributed by atoms with Crippen LogP contribution >= 0.6 is 0 Å². The first kappa shape index (κ1) is 15.9. The molecule has 0 unspecified atom stereocenters. The fourth-order valence-electron chi connectivity index (χ4n) is 3.74. The molecule has 0 spiro atoms. The fourth-order valence-corrected chi connectivity index (χ4v) is 3.74. The van der Waals surface area contributed by atoms with E-state index in [1.165, 1.54) is 24.0 Å². The van der Waals surface area contributed by atoms with E-state index in [4.69, 9.17) is 0 Å². The largest absolute Gasteiger partial charge is 0.356 e. The Bertz CT molecular complexity index is 785. The Morgan fingerprint density at radius 2 is 1.84 bits per heavy atom. The number of carbonyl (C=O) groups is 1. The molecular weight excluding hydrogens is 314 g/mol. The van der Waals surface area contributed by atoms with Crippen molar-refractivity contribution in [2.45, 2.75) is 32.7 Å². The maximum Gasteiger partial charge on any atom is 0.221 e. The van der Waals surface area contributed by atoms with Gasteiger partial charge in [-0.05, 0) is 36.5 Å². The van der Waals surface area contributed by atoms with Gasteiger partial charge in [0.1, 0.15) is 18.0 Å². The minimum Gasteiger partial charge on any atom is -0.356 e. The molecule has 0 aliphatic carbocycles. The molecule has 1 amide bonds. The van der Waals surface area contributed by atoms with Crippen LogP contribution in [0.3, 0.4) is 0 Å². The maximum atomic E-state index is 11.4. The van der Waals surface area contributed by atoms with Gasteiger partial charge in [0.15, 0.2) is 0 Å². The van der Waals surface area contributed by atoms with E-state index in [2.05, 4.69) is 37.2 Å². The molecule has 1 aromatic heterocycles. The van der Waals surface area contributed by atoms with Crippen molar-refractivity contribution in [1.82, 2.24) is 9.97 Å². The zero-order valence-corrected chi connectivity index (χ0v) is 14.5. The third kappa shape index (κ3) is 3.29. The smallest absolute Gasteiger partial charge is 0.221 e. The Kier molecular flexibility index (Phi) is 4.26. The molecular formula is C19H23N5O. The summed E-state index contributed by atoms with van der Waals surface area (Å²) in [7, 11) is 0. The normalized spacial score (nSPS) is 16.7. The van der Waals surface area contributed by atoms with Crippen molar-refractivity contribution in [2.24, 2.45) is 0 Å². The predicted molar refractivity (Wildman–Crippen MR) is 99.0 cm³/mol. The van der Waals surface area contributed by atoms with Crippen LogP contribution in [0.2, 0.25) is 0 Å². The summed E-state index contributed by atoms with van der Waals surface area (Å²) in [5.41, 5.74) is 3.42. The lowest BCUT2D eigenvalue weighted by molar-refractivity contribution is -0.114. The quantitative estimate of drug-likeness (QED) is 0.933. The SMILES string of the molecule is CC(=O)Nc1cccc2c1CCN(c1cc(N3CCCC3)ncn1)C2. The average molecular weight is 337 g/mol. The van der Waals surface area contributed by atoms with E-state index in [0.29, 0.717) is 0 Å². The Labute approximate surface area is 147 Å². The molecule has 1 fully saturated rings. The van der Waals surface area contributed by atoms with Gasteiger partial charge in [-0.3, -0.25) is 4.79 Å². The molecule has 25 heavy (non-hydrogen) atoms. The number of aromatic nitrogens is 2. The van der Waals surface area contributed by atoms with E-state index >= 15 is 0 Å². The minimum absolute atomic E-state index is 0.0260. The lowest BCUT2D eigenvalue weighted by Gasteiger charge is -2.31. The van der Waals surface area contributed by atoms with E-state index < -0.39 is 0 Å². The summed E-state index contributed by atoms with van der Waals surface area (Å²) in [5.74, 6) is 1.98. The van der Waals surface area contributed by atoms with E-state index in [1.54, 1.807) is 13.3 Å². The summed E-state index contributed by atoms with van der Waals surface area (Å²) < 4.78 is 0. The Morgan fingerprint density at radius 1 is 1.08 bits per heavy atom. The van der Waals surface area contributed by atoms with E-state index in [1.807, 2.05) is 12.1 Å². The topological polar surface area (TPSA) is 61.4 Å². The lowest BCUT2D eigenvalue weighted by atomic mass is 9.97. The van der Waals surface area contributed by atoms with Crippen molar-refractivity contribution in [2.75, 3.05) is 34.8 Å². The van der Waals surface area contributed by atoms with E-state index in [9.17, 15) is 4.79 Å². The van der Waals surface area contributed by atoms with Crippen LogP contribution in [0.5, 0.6) is 0 Å².